The number of unbranched alkanes of at least 4 members (excludes halogenated alkanes) is 2. The second kappa shape index (κ2) is 11.1. The van der Waals surface area contributed by atoms with Crippen LogP contribution in [0.25, 0.3) is 0 Å². The fourth-order valence-corrected chi connectivity index (χ4v) is 1.93. The maximum absolute atomic E-state index is 9.45. The Hall–Kier alpha value is 1.63. The average Bonchev–Trinajstić information content (AvgIpc) is 2.05. The van der Waals surface area contributed by atoms with Crippen molar-refractivity contribution in [1.29, 1.82) is 0 Å². The summed E-state index contributed by atoms with van der Waals surface area (Å²) in [5, 5.41) is 0. The summed E-state index contributed by atoms with van der Waals surface area (Å²) in [6, 6.07) is 0. The first-order valence-electron chi connectivity index (χ1n) is 4.74. The van der Waals surface area contributed by atoms with Gasteiger partial charge in [-0.15, -0.1) is 0 Å². The smallest absolute Gasteiger partial charge is 0.324 e. The Balaban J connectivity index is 0. The molecule has 0 aromatic rings. The summed E-state index contributed by atoms with van der Waals surface area (Å²) in [5.74, 6) is 0. The van der Waals surface area contributed by atoms with Crippen LogP contribution in [0, 0.1) is 0 Å². The summed E-state index contributed by atoms with van der Waals surface area (Å²) in [5.41, 5.74) is 0. The van der Waals surface area contributed by atoms with Crippen LogP contribution in [-0.2, 0) is 53.6 Å². The summed E-state index contributed by atoms with van der Waals surface area (Å²) in [6.45, 7) is 2.19. The van der Waals surface area contributed by atoms with Gasteiger partial charge in [-0.25, -0.2) is 0 Å². The van der Waals surface area contributed by atoms with Gasteiger partial charge < -0.3 is 13.9 Å². The number of hydrogen-bond donors (Lipinski definition) is 1. The summed E-state index contributed by atoms with van der Waals surface area (Å²) in [7, 11) is 0. The topological polar surface area (TPSA) is 38.7 Å². The maximum Gasteiger partial charge on any atom is 0.324 e. The predicted molar refractivity (Wildman–Crippen MR) is 58.2 cm³/mol. The standard InChI is InChI=1S/C8H19O3PS.Y/c1-3-5-7-10-12(9,13)11-8-6-4-2;/h3-8H2,1-2H3,(H,9,13);. The van der Waals surface area contributed by atoms with Crippen molar-refractivity contribution in [2.75, 3.05) is 13.2 Å². The van der Waals surface area contributed by atoms with Crippen LogP contribution in [0.3, 0.4) is 0 Å². The largest absolute Gasteiger partial charge is 0.324 e. The summed E-state index contributed by atoms with van der Waals surface area (Å²) in [4.78, 5) is 9.45. The molecule has 0 saturated heterocycles. The van der Waals surface area contributed by atoms with Crippen molar-refractivity contribution in [2.24, 2.45) is 0 Å². The molecule has 1 N–H and O–H groups in total. The van der Waals surface area contributed by atoms with Crippen LogP contribution >= 0.6 is 6.72 Å². The van der Waals surface area contributed by atoms with Crippen LogP contribution in [-0.4, -0.2) is 18.1 Å². The number of hydrogen-bond acceptors (Lipinski definition) is 3. The van der Waals surface area contributed by atoms with Crippen LogP contribution < -0.4 is 0 Å². The van der Waals surface area contributed by atoms with Gasteiger partial charge in [-0.1, -0.05) is 26.7 Å². The molecule has 83 valence electrons. The second-order valence-electron chi connectivity index (χ2n) is 2.84. The summed E-state index contributed by atoms with van der Waals surface area (Å²) in [6.07, 6.45) is 3.89. The molecule has 6 heteroatoms. The normalized spacial score (nSPS) is 11.1. The minimum Gasteiger partial charge on any atom is -0.324 e. The quantitative estimate of drug-likeness (QED) is 0.552. The van der Waals surface area contributed by atoms with Crippen molar-refractivity contribution >= 4 is 18.5 Å². The van der Waals surface area contributed by atoms with E-state index in [1.165, 1.54) is 0 Å². The second-order valence-corrected chi connectivity index (χ2v) is 5.68. The third-order valence-electron chi connectivity index (χ3n) is 1.50. The first-order chi connectivity index (χ1) is 6.12. The van der Waals surface area contributed by atoms with Crippen molar-refractivity contribution in [1.82, 2.24) is 0 Å². The van der Waals surface area contributed by atoms with Crippen molar-refractivity contribution in [2.45, 2.75) is 39.5 Å². The molecule has 0 aromatic heterocycles. The Bertz CT molecular complexity index is 155. The Morgan fingerprint density at radius 2 is 1.43 bits per heavy atom. The third kappa shape index (κ3) is 11.7. The fourth-order valence-electron chi connectivity index (χ4n) is 0.686. The summed E-state index contributed by atoms with van der Waals surface area (Å²) >= 11 is 4.79. The number of rotatable bonds is 8. The molecule has 0 aromatic carbocycles. The van der Waals surface area contributed by atoms with E-state index < -0.39 is 6.72 Å². The van der Waals surface area contributed by atoms with E-state index in [2.05, 4.69) is 13.8 Å². The SMILES string of the molecule is CCCCOP(O)(=S)OCCCC.[Y]. The molecule has 14 heavy (non-hydrogen) atoms. The molecule has 0 aliphatic rings. The summed E-state index contributed by atoms with van der Waals surface area (Å²) < 4.78 is 10.2. The molecule has 3 nitrogen and oxygen atoms in total. The Labute approximate surface area is 117 Å². The molecule has 0 aliphatic heterocycles. The van der Waals surface area contributed by atoms with Crippen molar-refractivity contribution < 1.29 is 46.7 Å². The fraction of sp³-hybridized carbons (Fsp3) is 1.00. The monoisotopic (exact) mass is 315 g/mol. The molecule has 0 aliphatic carbocycles. The van der Waals surface area contributed by atoms with Gasteiger partial charge in [-0.2, -0.15) is 0 Å². The van der Waals surface area contributed by atoms with E-state index in [1.807, 2.05) is 0 Å². The van der Waals surface area contributed by atoms with E-state index in [0.717, 1.165) is 25.7 Å². The zero-order chi connectivity index (χ0) is 10.2. The zero-order valence-electron chi connectivity index (χ0n) is 8.94. The van der Waals surface area contributed by atoms with Crippen molar-refractivity contribution in [3.63, 3.8) is 0 Å². The van der Waals surface area contributed by atoms with Gasteiger partial charge in [0.25, 0.3) is 0 Å². The molecule has 0 saturated carbocycles. The van der Waals surface area contributed by atoms with Gasteiger partial charge in [0.1, 0.15) is 0 Å². The van der Waals surface area contributed by atoms with Crippen molar-refractivity contribution in [3.05, 3.63) is 0 Å². The van der Waals surface area contributed by atoms with Gasteiger partial charge in [0.05, 0.1) is 13.2 Å². The molecule has 1 radical (unpaired) electrons. The Morgan fingerprint density at radius 1 is 1.07 bits per heavy atom. The Morgan fingerprint density at radius 3 is 1.71 bits per heavy atom. The van der Waals surface area contributed by atoms with E-state index in [1.54, 1.807) is 0 Å². The molecular weight excluding hydrogens is 296 g/mol. The van der Waals surface area contributed by atoms with E-state index >= 15 is 0 Å². The molecule has 0 spiro atoms. The van der Waals surface area contributed by atoms with E-state index in [4.69, 9.17) is 20.9 Å². The van der Waals surface area contributed by atoms with Crippen LogP contribution in [0.1, 0.15) is 39.5 Å². The Kier molecular flexibility index (Phi) is 14.3. The molecule has 0 amide bonds. The van der Waals surface area contributed by atoms with Gasteiger partial charge in [-0.3, -0.25) is 0 Å². The first kappa shape index (κ1) is 18.0. The van der Waals surface area contributed by atoms with Gasteiger partial charge in [0, 0.05) is 32.7 Å². The van der Waals surface area contributed by atoms with Gasteiger partial charge in [0.15, 0.2) is 0 Å². The van der Waals surface area contributed by atoms with Gasteiger partial charge in [0.2, 0.25) is 0 Å². The first-order valence-corrected chi connectivity index (χ1v) is 7.33. The van der Waals surface area contributed by atoms with Crippen LogP contribution in [0.4, 0.5) is 0 Å². The predicted octanol–water partition coefficient (Wildman–Crippen LogP) is 2.83. The molecule has 0 rings (SSSR count). The molecule has 0 unspecified atom stereocenters. The molecule has 0 fully saturated rings. The van der Waals surface area contributed by atoms with E-state index in [9.17, 15) is 4.89 Å². The van der Waals surface area contributed by atoms with Crippen LogP contribution in [0.15, 0.2) is 0 Å². The van der Waals surface area contributed by atoms with Gasteiger partial charge in [-0.05, 0) is 24.6 Å². The van der Waals surface area contributed by atoms with E-state index in [0.29, 0.717) is 13.2 Å². The molecule has 0 bridgehead atoms. The van der Waals surface area contributed by atoms with Crippen molar-refractivity contribution in [3.8, 4) is 0 Å². The van der Waals surface area contributed by atoms with Crippen LogP contribution in [0.2, 0.25) is 0 Å². The molecular formula is C8H19O3PSY. The molecule has 0 heterocycles. The molecule has 0 atom stereocenters. The average molecular weight is 315 g/mol. The minimum atomic E-state index is -2.92. The minimum absolute atomic E-state index is 0. The van der Waals surface area contributed by atoms with E-state index in [-0.39, 0.29) is 32.7 Å². The third-order valence-corrected chi connectivity index (χ3v) is 3.15. The zero-order valence-corrected chi connectivity index (χ0v) is 13.5. The van der Waals surface area contributed by atoms with Gasteiger partial charge >= 0.3 is 6.72 Å². The van der Waals surface area contributed by atoms with Crippen LogP contribution in [0.5, 0.6) is 0 Å². The maximum atomic E-state index is 9.45.